The molecule has 1 atom stereocenters. The summed E-state index contributed by atoms with van der Waals surface area (Å²) in [7, 11) is 0. The van der Waals surface area contributed by atoms with Crippen molar-refractivity contribution in [1.82, 2.24) is 5.01 Å². The van der Waals surface area contributed by atoms with Gasteiger partial charge in [0.05, 0.1) is 6.04 Å². The van der Waals surface area contributed by atoms with Gasteiger partial charge in [-0.1, -0.05) is 5.57 Å². The van der Waals surface area contributed by atoms with Gasteiger partial charge in [-0.05, 0) is 27.2 Å². The van der Waals surface area contributed by atoms with E-state index < -0.39 is 0 Å². The molecular weight excluding hydrogens is 150 g/mol. The maximum absolute atomic E-state index is 4.35. The molecule has 2 aliphatic rings. The molecule has 3 heteroatoms. The van der Waals surface area contributed by atoms with Crippen LogP contribution >= 0.6 is 0 Å². The van der Waals surface area contributed by atoms with Crippen molar-refractivity contribution < 1.29 is 0 Å². The monoisotopic (exact) mass is 163 g/mol. The minimum atomic E-state index is 0.397. The number of aliphatic imine (C=N–C) groups is 1. The summed E-state index contributed by atoms with van der Waals surface area (Å²) in [4.78, 5) is 4.35. The molecule has 0 saturated carbocycles. The van der Waals surface area contributed by atoms with Gasteiger partial charge in [-0.25, -0.2) is 4.99 Å². The highest BCUT2D eigenvalue weighted by Crippen LogP contribution is 2.24. The normalized spacial score (nSPS) is 27.8. The minimum absolute atomic E-state index is 0.397. The van der Waals surface area contributed by atoms with Crippen LogP contribution in [0.5, 0.6) is 0 Å². The Morgan fingerprint density at radius 1 is 1.42 bits per heavy atom. The van der Waals surface area contributed by atoms with Gasteiger partial charge in [0.25, 0.3) is 0 Å². The van der Waals surface area contributed by atoms with Crippen molar-refractivity contribution in [2.24, 2.45) is 10.1 Å². The number of hydrogen-bond acceptors (Lipinski definition) is 3. The smallest absolute Gasteiger partial charge is 0.145 e. The lowest BCUT2D eigenvalue weighted by Gasteiger charge is -2.24. The third-order valence-electron chi connectivity index (χ3n) is 2.27. The molecule has 0 bridgehead atoms. The second-order valence-corrected chi connectivity index (χ2v) is 3.48. The van der Waals surface area contributed by atoms with Gasteiger partial charge in [0.2, 0.25) is 0 Å². The highest BCUT2D eigenvalue weighted by atomic mass is 15.5. The first-order chi connectivity index (χ1) is 5.66. The van der Waals surface area contributed by atoms with Crippen LogP contribution in [0.4, 0.5) is 0 Å². The van der Waals surface area contributed by atoms with E-state index >= 15 is 0 Å². The van der Waals surface area contributed by atoms with E-state index in [-0.39, 0.29) is 0 Å². The van der Waals surface area contributed by atoms with Crippen LogP contribution in [0.2, 0.25) is 0 Å². The zero-order valence-electron chi connectivity index (χ0n) is 7.70. The minimum Gasteiger partial charge on any atom is -0.262 e. The van der Waals surface area contributed by atoms with Gasteiger partial charge < -0.3 is 0 Å². The molecule has 64 valence electrons. The van der Waals surface area contributed by atoms with Crippen molar-refractivity contribution in [1.29, 1.82) is 0 Å². The van der Waals surface area contributed by atoms with Crippen molar-refractivity contribution in [3.63, 3.8) is 0 Å². The molecule has 1 unspecified atom stereocenters. The molecule has 0 aliphatic carbocycles. The van der Waals surface area contributed by atoms with E-state index in [0.29, 0.717) is 6.04 Å². The van der Waals surface area contributed by atoms with Crippen LogP contribution in [0.1, 0.15) is 27.2 Å². The van der Waals surface area contributed by atoms with Gasteiger partial charge in [0.15, 0.2) is 0 Å². The first-order valence-corrected chi connectivity index (χ1v) is 4.23. The van der Waals surface area contributed by atoms with Crippen LogP contribution in [-0.2, 0) is 0 Å². The predicted octanol–water partition coefficient (Wildman–Crippen LogP) is 1.77. The Balaban J connectivity index is 2.33. The maximum Gasteiger partial charge on any atom is 0.145 e. The Bertz CT molecular complexity index is 299. The zero-order chi connectivity index (χ0) is 8.72. The average molecular weight is 163 g/mol. The largest absolute Gasteiger partial charge is 0.262 e. The molecule has 0 N–H and O–H groups in total. The van der Waals surface area contributed by atoms with Crippen LogP contribution in [0.15, 0.2) is 21.9 Å². The fourth-order valence-electron chi connectivity index (χ4n) is 1.72. The molecule has 3 nitrogen and oxygen atoms in total. The quantitative estimate of drug-likeness (QED) is 0.535. The third kappa shape index (κ3) is 1.05. The number of rotatable bonds is 0. The van der Waals surface area contributed by atoms with Gasteiger partial charge in [-0.3, -0.25) is 5.01 Å². The number of hydrogen-bond donors (Lipinski definition) is 0. The second kappa shape index (κ2) is 2.44. The fraction of sp³-hybridized carbons (Fsp3) is 0.556. The maximum atomic E-state index is 4.35. The third-order valence-corrected chi connectivity index (χ3v) is 2.27. The van der Waals surface area contributed by atoms with Crippen molar-refractivity contribution in [2.75, 3.05) is 0 Å². The van der Waals surface area contributed by atoms with Crippen molar-refractivity contribution in [2.45, 2.75) is 33.2 Å². The van der Waals surface area contributed by atoms with E-state index in [1.165, 1.54) is 11.3 Å². The number of nitrogens with zero attached hydrogens (tertiary/aromatic N) is 3. The predicted molar refractivity (Wildman–Crippen MR) is 50.2 cm³/mol. The highest BCUT2D eigenvalue weighted by Gasteiger charge is 2.27. The number of fused-ring (bicyclic) bond motifs is 1. The van der Waals surface area contributed by atoms with Crippen molar-refractivity contribution >= 4 is 11.5 Å². The first-order valence-electron chi connectivity index (χ1n) is 4.23. The Morgan fingerprint density at radius 2 is 2.17 bits per heavy atom. The van der Waals surface area contributed by atoms with Crippen molar-refractivity contribution in [3.05, 3.63) is 11.8 Å². The fourth-order valence-corrected chi connectivity index (χ4v) is 1.72. The molecule has 0 radical (unpaired) electrons. The van der Waals surface area contributed by atoms with E-state index in [0.717, 1.165) is 12.3 Å². The molecule has 2 heterocycles. The molecule has 2 aliphatic heterocycles. The molecule has 0 fully saturated rings. The molecule has 2 rings (SSSR count). The van der Waals surface area contributed by atoms with Gasteiger partial charge in [-0.15, -0.1) is 0 Å². The molecular formula is C9H13N3. The lowest BCUT2D eigenvalue weighted by molar-refractivity contribution is 0.374. The van der Waals surface area contributed by atoms with E-state index in [2.05, 4.69) is 30.1 Å². The average Bonchev–Trinajstić information content (AvgIpc) is 2.29. The molecule has 0 aromatic carbocycles. The number of amidine groups is 1. The summed E-state index contributed by atoms with van der Waals surface area (Å²) in [6.07, 6.45) is 3.18. The van der Waals surface area contributed by atoms with Crippen LogP contribution < -0.4 is 0 Å². The molecule has 0 aromatic rings. The zero-order valence-corrected chi connectivity index (χ0v) is 7.70. The SMILES string of the molecule is CC1=CN2N=C(C)N=C(C)C2C1. The summed E-state index contributed by atoms with van der Waals surface area (Å²) in [6, 6.07) is 0.397. The highest BCUT2D eigenvalue weighted by molar-refractivity contribution is 6.00. The Morgan fingerprint density at radius 3 is 2.92 bits per heavy atom. The van der Waals surface area contributed by atoms with Gasteiger partial charge in [0.1, 0.15) is 5.84 Å². The summed E-state index contributed by atoms with van der Waals surface area (Å²) in [6.45, 7) is 6.14. The summed E-state index contributed by atoms with van der Waals surface area (Å²) in [5.41, 5.74) is 2.56. The van der Waals surface area contributed by atoms with E-state index in [1.807, 2.05) is 11.9 Å². The Labute approximate surface area is 72.5 Å². The van der Waals surface area contributed by atoms with Gasteiger partial charge in [-0.2, -0.15) is 5.10 Å². The van der Waals surface area contributed by atoms with Crippen LogP contribution in [0.25, 0.3) is 0 Å². The summed E-state index contributed by atoms with van der Waals surface area (Å²) in [5.74, 6) is 0.856. The number of hydrazone groups is 1. The van der Waals surface area contributed by atoms with E-state index in [4.69, 9.17) is 0 Å². The first kappa shape index (κ1) is 7.53. The standard InChI is InChI=1S/C9H13N3/c1-6-4-9-7(2)10-8(3)11-12(9)5-6/h5,9H,4H2,1-3H3. The van der Waals surface area contributed by atoms with Crippen LogP contribution in [0.3, 0.4) is 0 Å². The summed E-state index contributed by atoms with van der Waals surface area (Å²) < 4.78 is 0. The summed E-state index contributed by atoms with van der Waals surface area (Å²) >= 11 is 0. The van der Waals surface area contributed by atoms with E-state index in [9.17, 15) is 0 Å². The molecule has 0 saturated heterocycles. The molecule has 0 amide bonds. The van der Waals surface area contributed by atoms with Crippen LogP contribution in [0, 0.1) is 0 Å². The lowest BCUT2D eigenvalue weighted by atomic mass is 10.1. The molecule has 0 spiro atoms. The van der Waals surface area contributed by atoms with Crippen LogP contribution in [-0.4, -0.2) is 22.6 Å². The molecule has 12 heavy (non-hydrogen) atoms. The Hall–Kier alpha value is -1.12. The topological polar surface area (TPSA) is 28.0 Å². The summed E-state index contributed by atoms with van der Waals surface area (Å²) in [5, 5.41) is 6.35. The lowest BCUT2D eigenvalue weighted by Crippen LogP contribution is -2.33. The second-order valence-electron chi connectivity index (χ2n) is 3.48. The Kier molecular flexibility index (Phi) is 1.53. The van der Waals surface area contributed by atoms with E-state index in [1.54, 1.807) is 0 Å². The van der Waals surface area contributed by atoms with Crippen molar-refractivity contribution in [3.8, 4) is 0 Å². The van der Waals surface area contributed by atoms with Gasteiger partial charge in [0, 0.05) is 11.9 Å². The molecule has 0 aromatic heterocycles. The van der Waals surface area contributed by atoms with Gasteiger partial charge >= 0.3 is 0 Å².